The van der Waals surface area contributed by atoms with E-state index < -0.39 is 11.9 Å². The number of hydrogen-bond acceptors (Lipinski definition) is 5. The van der Waals surface area contributed by atoms with Gasteiger partial charge in [-0.3, -0.25) is 4.79 Å². The van der Waals surface area contributed by atoms with Crippen LogP contribution in [0.5, 0.6) is 0 Å². The fourth-order valence-corrected chi connectivity index (χ4v) is 3.66. The van der Waals surface area contributed by atoms with Crippen molar-refractivity contribution in [3.05, 3.63) is 81.3 Å². The van der Waals surface area contributed by atoms with Crippen LogP contribution >= 0.6 is 27.3 Å². The van der Waals surface area contributed by atoms with Gasteiger partial charge in [0.1, 0.15) is 0 Å². The van der Waals surface area contributed by atoms with Gasteiger partial charge in [-0.25, -0.2) is 9.78 Å². The van der Waals surface area contributed by atoms with E-state index in [-0.39, 0.29) is 5.91 Å². The van der Waals surface area contributed by atoms with Crippen molar-refractivity contribution in [2.45, 2.75) is 12.3 Å². The predicted octanol–water partition coefficient (Wildman–Crippen LogP) is 4.66. The van der Waals surface area contributed by atoms with Crippen molar-refractivity contribution in [1.29, 1.82) is 0 Å². The molecular weight excluding hydrogens is 428 g/mol. The Balaban J connectivity index is 1.95. The van der Waals surface area contributed by atoms with E-state index in [1.165, 1.54) is 18.4 Å². The number of ether oxygens (including phenoxy) is 1. The van der Waals surface area contributed by atoms with Crippen LogP contribution in [0.4, 0.5) is 5.13 Å². The van der Waals surface area contributed by atoms with Gasteiger partial charge in [-0.1, -0.05) is 52.3 Å². The van der Waals surface area contributed by atoms with Gasteiger partial charge in [0, 0.05) is 16.0 Å². The molecule has 0 saturated heterocycles. The van der Waals surface area contributed by atoms with Crippen molar-refractivity contribution in [2.24, 2.45) is 0 Å². The van der Waals surface area contributed by atoms with Crippen molar-refractivity contribution in [2.75, 3.05) is 12.4 Å². The monoisotopic (exact) mass is 444 g/mol. The van der Waals surface area contributed by atoms with Gasteiger partial charge in [0.2, 0.25) is 5.91 Å². The number of methoxy groups -OCH3 is 1. The molecule has 1 heterocycles. The zero-order valence-electron chi connectivity index (χ0n) is 14.5. The van der Waals surface area contributed by atoms with Gasteiger partial charge in [0.15, 0.2) is 5.13 Å². The van der Waals surface area contributed by atoms with Crippen LogP contribution in [0.25, 0.3) is 0 Å². The molecule has 0 unspecified atom stereocenters. The van der Waals surface area contributed by atoms with Crippen LogP contribution in [0, 0.1) is 0 Å². The molecule has 2 aromatic carbocycles. The highest BCUT2D eigenvalue weighted by atomic mass is 79.9. The lowest BCUT2D eigenvalue weighted by Crippen LogP contribution is -2.24. The Hall–Kier alpha value is -2.51. The van der Waals surface area contributed by atoms with Gasteiger partial charge < -0.3 is 10.1 Å². The summed E-state index contributed by atoms with van der Waals surface area (Å²) in [5, 5.41) is 5.21. The van der Waals surface area contributed by atoms with Crippen molar-refractivity contribution >= 4 is 44.3 Å². The van der Waals surface area contributed by atoms with Gasteiger partial charge >= 0.3 is 5.97 Å². The Kier molecular flexibility index (Phi) is 6.36. The fourth-order valence-electron chi connectivity index (χ4n) is 2.77. The van der Waals surface area contributed by atoms with Gasteiger partial charge in [-0.05, 0) is 29.7 Å². The molecule has 0 aliphatic rings. The third-order valence-corrected chi connectivity index (χ3v) is 5.26. The Bertz CT molecular complexity index is 930. The number of esters is 1. The Morgan fingerprint density at radius 2 is 2.00 bits per heavy atom. The van der Waals surface area contributed by atoms with Crippen LogP contribution in [-0.2, 0) is 16.0 Å². The number of amides is 1. The first kappa shape index (κ1) is 19.3. The number of nitrogens with zero attached hydrogens (tertiary/aromatic N) is 1. The number of anilines is 1. The molecule has 5 nitrogen and oxygen atoms in total. The molecule has 7 heteroatoms. The molecule has 138 valence electrons. The molecule has 27 heavy (non-hydrogen) atoms. The lowest BCUT2D eigenvalue weighted by molar-refractivity contribution is -0.117. The average Bonchev–Trinajstić information content (AvgIpc) is 3.19. The highest BCUT2D eigenvalue weighted by Crippen LogP contribution is 2.27. The number of nitrogens with one attached hydrogen (secondary N) is 1. The summed E-state index contributed by atoms with van der Waals surface area (Å²) >= 11 is 4.74. The topological polar surface area (TPSA) is 68.3 Å². The molecule has 0 saturated carbocycles. The third kappa shape index (κ3) is 4.81. The lowest BCUT2D eigenvalue weighted by Gasteiger charge is -2.18. The SMILES string of the molecule is COC(=O)c1cc(Br)ccc1C[C@@H](C(=O)Nc1nccs1)c1ccccc1. The summed E-state index contributed by atoms with van der Waals surface area (Å²) in [6.07, 6.45) is 2.00. The minimum absolute atomic E-state index is 0.171. The van der Waals surface area contributed by atoms with Crippen LogP contribution in [0.3, 0.4) is 0 Å². The smallest absolute Gasteiger partial charge is 0.338 e. The maximum Gasteiger partial charge on any atom is 0.338 e. The normalized spacial score (nSPS) is 11.6. The highest BCUT2D eigenvalue weighted by Gasteiger charge is 2.24. The number of benzene rings is 2. The second kappa shape index (κ2) is 8.92. The second-order valence-electron chi connectivity index (χ2n) is 5.79. The van der Waals surface area contributed by atoms with E-state index in [2.05, 4.69) is 26.2 Å². The number of hydrogen-bond donors (Lipinski definition) is 1. The Labute approximate surface area is 169 Å². The number of carbonyl (C=O) groups excluding carboxylic acids is 2. The maximum atomic E-state index is 13.0. The minimum Gasteiger partial charge on any atom is -0.465 e. The van der Waals surface area contributed by atoms with Crippen molar-refractivity contribution < 1.29 is 14.3 Å². The van der Waals surface area contributed by atoms with Gasteiger partial charge in [-0.2, -0.15) is 0 Å². The number of rotatable bonds is 6. The summed E-state index contributed by atoms with van der Waals surface area (Å²) in [6.45, 7) is 0. The third-order valence-electron chi connectivity index (χ3n) is 4.08. The molecule has 0 spiro atoms. The predicted molar refractivity (Wildman–Crippen MR) is 109 cm³/mol. The number of aromatic nitrogens is 1. The zero-order chi connectivity index (χ0) is 19.2. The minimum atomic E-state index is -0.473. The lowest BCUT2D eigenvalue weighted by atomic mass is 9.89. The van der Waals surface area contributed by atoms with Gasteiger partial charge in [0.25, 0.3) is 0 Å². The molecule has 1 amide bonds. The summed E-state index contributed by atoms with van der Waals surface area (Å²) in [4.78, 5) is 29.3. The summed E-state index contributed by atoms with van der Waals surface area (Å²) in [5.41, 5.74) is 2.05. The number of halogens is 1. The van der Waals surface area contributed by atoms with Gasteiger partial charge in [0.05, 0.1) is 18.6 Å². The first-order valence-electron chi connectivity index (χ1n) is 8.20. The molecule has 3 aromatic rings. The van der Waals surface area contributed by atoms with Crippen LogP contribution < -0.4 is 5.32 Å². The Morgan fingerprint density at radius 3 is 2.67 bits per heavy atom. The fraction of sp³-hybridized carbons (Fsp3) is 0.150. The molecule has 0 bridgehead atoms. The van der Waals surface area contributed by atoms with Crippen molar-refractivity contribution in [1.82, 2.24) is 4.98 Å². The quantitative estimate of drug-likeness (QED) is 0.561. The van der Waals surface area contributed by atoms with Gasteiger partial charge in [-0.15, -0.1) is 11.3 Å². The van der Waals surface area contributed by atoms with E-state index in [4.69, 9.17) is 4.74 Å². The average molecular weight is 445 g/mol. The highest BCUT2D eigenvalue weighted by molar-refractivity contribution is 9.10. The van der Waals surface area contributed by atoms with Crippen molar-refractivity contribution in [3.8, 4) is 0 Å². The summed E-state index contributed by atoms with van der Waals surface area (Å²) in [5.74, 6) is -1.08. The van der Waals surface area contributed by atoms with Crippen LogP contribution in [0.15, 0.2) is 64.6 Å². The second-order valence-corrected chi connectivity index (χ2v) is 7.60. The molecule has 0 fully saturated rings. The zero-order valence-corrected chi connectivity index (χ0v) is 16.9. The van der Waals surface area contributed by atoms with Crippen LogP contribution in [0.1, 0.15) is 27.4 Å². The number of carbonyl (C=O) groups is 2. The van der Waals surface area contributed by atoms with E-state index in [9.17, 15) is 9.59 Å². The van der Waals surface area contributed by atoms with Crippen LogP contribution in [0.2, 0.25) is 0 Å². The number of thiazole rings is 1. The molecule has 1 aromatic heterocycles. The van der Waals surface area contributed by atoms with E-state index in [0.717, 1.165) is 15.6 Å². The first-order valence-corrected chi connectivity index (χ1v) is 9.88. The van der Waals surface area contributed by atoms with Crippen molar-refractivity contribution in [3.63, 3.8) is 0 Å². The molecule has 1 atom stereocenters. The van der Waals surface area contributed by atoms with E-state index >= 15 is 0 Å². The first-order chi connectivity index (χ1) is 13.1. The molecule has 1 N–H and O–H groups in total. The summed E-state index contributed by atoms with van der Waals surface area (Å²) in [6, 6.07) is 14.9. The molecule has 0 radical (unpaired) electrons. The van der Waals surface area contributed by atoms with E-state index in [1.54, 1.807) is 17.6 Å². The standard InChI is InChI=1S/C20H17BrN2O3S/c1-26-19(25)17-12-15(21)8-7-14(17)11-16(13-5-3-2-4-6-13)18(24)23-20-22-9-10-27-20/h2-10,12,16H,11H2,1H3,(H,22,23,24)/t16-/m1/s1. The Morgan fingerprint density at radius 1 is 1.22 bits per heavy atom. The largest absolute Gasteiger partial charge is 0.465 e. The molecule has 0 aliphatic carbocycles. The maximum absolute atomic E-state index is 13.0. The summed E-state index contributed by atoms with van der Waals surface area (Å²) < 4.78 is 5.67. The van der Waals surface area contributed by atoms with Crippen LogP contribution in [-0.4, -0.2) is 24.0 Å². The van der Waals surface area contributed by atoms with E-state index in [1.807, 2.05) is 42.5 Å². The molecule has 0 aliphatic heterocycles. The molecular formula is C20H17BrN2O3S. The molecule has 3 rings (SSSR count). The summed E-state index contributed by atoms with van der Waals surface area (Å²) in [7, 11) is 1.34. The van der Waals surface area contributed by atoms with E-state index in [0.29, 0.717) is 17.1 Å².